The molecule has 0 bridgehead atoms. The highest BCUT2D eigenvalue weighted by molar-refractivity contribution is 7.89. The topological polar surface area (TPSA) is 91.8 Å². The van der Waals surface area contributed by atoms with Crippen molar-refractivity contribution in [1.29, 1.82) is 0 Å². The minimum absolute atomic E-state index is 0.0900. The van der Waals surface area contributed by atoms with Crippen molar-refractivity contribution in [3.63, 3.8) is 0 Å². The number of likely N-dealkylation sites (tertiary alicyclic amines) is 1. The number of nitrogens with zero attached hydrogens (tertiary/aromatic N) is 2. The van der Waals surface area contributed by atoms with E-state index in [9.17, 15) is 22.8 Å². The van der Waals surface area contributed by atoms with Gasteiger partial charge < -0.3 is 0 Å². The minimum atomic E-state index is -3.64. The molecule has 2 rings (SSSR count). The van der Waals surface area contributed by atoms with Gasteiger partial charge in [-0.05, 0) is 43.5 Å². The zero-order valence-electron chi connectivity index (χ0n) is 15.1. The molecule has 1 heterocycles. The Kier molecular flexibility index (Phi) is 6.66. The molecule has 0 aliphatic carbocycles. The second kappa shape index (κ2) is 8.55. The Hall–Kier alpha value is -2.06. The molecule has 1 aliphatic rings. The van der Waals surface area contributed by atoms with E-state index in [1.54, 1.807) is 0 Å². The van der Waals surface area contributed by atoms with Crippen LogP contribution in [0.1, 0.15) is 56.3 Å². The summed E-state index contributed by atoms with van der Waals surface area (Å²) in [6.07, 6.45) is 2.17. The van der Waals surface area contributed by atoms with E-state index in [2.05, 4.69) is 0 Å². The zero-order chi connectivity index (χ0) is 19.3. The lowest BCUT2D eigenvalue weighted by molar-refractivity contribution is -0.144. The average Bonchev–Trinajstić information content (AvgIpc) is 2.61. The van der Waals surface area contributed by atoms with E-state index in [0.717, 1.165) is 0 Å². The van der Waals surface area contributed by atoms with Crippen LogP contribution in [-0.4, -0.2) is 48.4 Å². The molecule has 1 aliphatic heterocycles. The van der Waals surface area contributed by atoms with Gasteiger partial charge in [-0.2, -0.15) is 4.31 Å². The highest BCUT2D eigenvalue weighted by Gasteiger charge is 2.32. The van der Waals surface area contributed by atoms with Gasteiger partial charge in [0.2, 0.25) is 21.8 Å². The lowest BCUT2D eigenvalue weighted by Crippen LogP contribution is -2.44. The maximum absolute atomic E-state index is 12.7. The average molecular weight is 380 g/mol. The maximum atomic E-state index is 12.7. The molecule has 0 N–H and O–H groups in total. The summed E-state index contributed by atoms with van der Waals surface area (Å²) in [6.45, 7) is 4.67. The Morgan fingerprint density at radius 2 is 1.50 bits per heavy atom. The summed E-state index contributed by atoms with van der Waals surface area (Å²) in [6, 6.07) is 5.39. The molecule has 1 saturated heterocycles. The van der Waals surface area contributed by atoms with Crippen LogP contribution in [0.25, 0.3) is 0 Å². The number of hydrogen-bond acceptors (Lipinski definition) is 5. The molecule has 142 valence electrons. The van der Waals surface area contributed by atoms with Crippen molar-refractivity contribution in [3.05, 3.63) is 29.8 Å². The van der Waals surface area contributed by atoms with Gasteiger partial charge in [0.15, 0.2) is 0 Å². The van der Waals surface area contributed by atoms with E-state index in [4.69, 9.17) is 0 Å². The van der Waals surface area contributed by atoms with Crippen LogP contribution >= 0.6 is 0 Å². The second-order valence-electron chi connectivity index (χ2n) is 6.21. The number of piperidine rings is 1. The number of rotatable bonds is 7. The zero-order valence-corrected chi connectivity index (χ0v) is 15.9. The Morgan fingerprint density at radius 3 is 1.96 bits per heavy atom. The second-order valence-corrected chi connectivity index (χ2v) is 8.15. The normalized spacial score (nSPS) is 15.6. The van der Waals surface area contributed by atoms with E-state index in [-0.39, 0.29) is 23.3 Å². The summed E-state index contributed by atoms with van der Waals surface area (Å²) in [7, 11) is -3.64. The first-order chi connectivity index (χ1) is 12.3. The van der Waals surface area contributed by atoms with Crippen molar-refractivity contribution in [2.45, 2.75) is 50.8 Å². The smallest absolute Gasteiger partial charge is 0.267 e. The summed E-state index contributed by atoms with van der Waals surface area (Å²) < 4.78 is 26.9. The molecule has 8 heteroatoms. The van der Waals surface area contributed by atoms with Gasteiger partial charge in [0.05, 0.1) is 4.90 Å². The van der Waals surface area contributed by atoms with Crippen LogP contribution in [-0.2, 0) is 19.6 Å². The SMILES string of the molecule is CCCN(CCC)S(=O)(=O)c1ccc(C(=O)N2C(=O)CCCC2=O)cc1. The first-order valence-electron chi connectivity index (χ1n) is 8.83. The Labute approximate surface area is 154 Å². The molecule has 1 aromatic carbocycles. The van der Waals surface area contributed by atoms with Crippen LogP contribution in [0.3, 0.4) is 0 Å². The van der Waals surface area contributed by atoms with Crippen LogP contribution in [0.15, 0.2) is 29.2 Å². The van der Waals surface area contributed by atoms with Gasteiger partial charge in [0.25, 0.3) is 5.91 Å². The molecule has 1 fully saturated rings. The van der Waals surface area contributed by atoms with Gasteiger partial charge in [-0.25, -0.2) is 13.3 Å². The Morgan fingerprint density at radius 1 is 1.00 bits per heavy atom. The molecule has 1 aromatic rings. The Balaban J connectivity index is 2.25. The molecule has 0 aromatic heterocycles. The van der Waals surface area contributed by atoms with Gasteiger partial charge in [0.1, 0.15) is 0 Å². The van der Waals surface area contributed by atoms with Crippen LogP contribution in [0.5, 0.6) is 0 Å². The van der Waals surface area contributed by atoms with Crippen LogP contribution < -0.4 is 0 Å². The van der Waals surface area contributed by atoms with E-state index in [0.29, 0.717) is 37.3 Å². The van der Waals surface area contributed by atoms with Gasteiger partial charge in [-0.1, -0.05) is 13.8 Å². The van der Waals surface area contributed by atoms with E-state index in [1.165, 1.54) is 28.6 Å². The fourth-order valence-electron chi connectivity index (χ4n) is 2.88. The summed E-state index contributed by atoms with van der Waals surface area (Å²) in [4.78, 5) is 36.9. The van der Waals surface area contributed by atoms with E-state index < -0.39 is 27.7 Å². The fraction of sp³-hybridized carbons (Fsp3) is 0.500. The summed E-state index contributed by atoms with van der Waals surface area (Å²) in [5.74, 6) is -1.73. The molecular formula is C18H24N2O5S. The number of carbonyl (C=O) groups excluding carboxylic acids is 3. The van der Waals surface area contributed by atoms with Crippen LogP contribution in [0.4, 0.5) is 0 Å². The van der Waals surface area contributed by atoms with Crippen molar-refractivity contribution >= 4 is 27.7 Å². The highest BCUT2D eigenvalue weighted by atomic mass is 32.2. The van der Waals surface area contributed by atoms with Gasteiger partial charge in [-0.3, -0.25) is 14.4 Å². The lowest BCUT2D eigenvalue weighted by Gasteiger charge is -2.23. The summed E-state index contributed by atoms with van der Waals surface area (Å²) in [5.41, 5.74) is 0.116. The number of imide groups is 3. The summed E-state index contributed by atoms with van der Waals surface area (Å²) in [5, 5.41) is 0. The third-order valence-electron chi connectivity index (χ3n) is 4.17. The molecule has 3 amide bonds. The van der Waals surface area contributed by atoms with Crippen molar-refractivity contribution in [3.8, 4) is 0 Å². The predicted molar refractivity (Wildman–Crippen MR) is 95.8 cm³/mol. The number of amides is 3. The van der Waals surface area contributed by atoms with Gasteiger partial charge >= 0.3 is 0 Å². The lowest BCUT2D eigenvalue weighted by atomic mass is 10.1. The number of hydrogen-bond donors (Lipinski definition) is 0. The third-order valence-corrected chi connectivity index (χ3v) is 6.08. The van der Waals surface area contributed by atoms with Crippen molar-refractivity contribution in [2.24, 2.45) is 0 Å². The standard InChI is InChI=1S/C18H24N2O5S/c1-3-12-19(13-4-2)26(24,25)15-10-8-14(9-11-15)18(23)20-16(21)6-5-7-17(20)22/h8-11H,3-7,12-13H2,1-2H3. The first-order valence-corrected chi connectivity index (χ1v) is 10.3. The molecule has 0 radical (unpaired) electrons. The largest absolute Gasteiger partial charge is 0.274 e. The maximum Gasteiger partial charge on any atom is 0.267 e. The fourth-order valence-corrected chi connectivity index (χ4v) is 4.50. The number of benzene rings is 1. The van der Waals surface area contributed by atoms with Crippen LogP contribution in [0, 0.1) is 0 Å². The molecule has 7 nitrogen and oxygen atoms in total. The van der Waals surface area contributed by atoms with Gasteiger partial charge in [0, 0.05) is 31.5 Å². The number of carbonyl (C=O) groups is 3. The predicted octanol–water partition coefficient (Wildman–Crippen LogP) is 2.18. The van der Waals surface area contributed by atoms with E-state index >= 15 is 0 Å². The molecule has 0 unspecified atom stereocenters. The molecule has 26 heavy (non-hydrogen) atoms. The van der Waals surface area contributed by atoms with Crippen molar-refractivity contribution in [1.82, 2.24) is 9.21 Å². The quantitative estimate of drug-likeness (QED) is 0.676. The molecular weight excluding hydrogens is 356 g/mol. The monoisotopic (exact) mass is 380 g/mol. The molecule has 0 spiro atoms. The molecule has 0 saturated carbocycles. The van der Waals surface area contributed by atoms with E-state index in [1.807, 2.05) is 13.8 Å². The number of sulfonamides is 1. The Bertz CT molecular complexity index is 764. The minimum Gasteiger partial charge on any atom is -0.274 e. The first kappa shape index (κ1) is 20.3. The van der Waals surface area contributed by atoms with Gasteiger partial charge in [-0.15, -0.1) is 0 Å². The van der Waals surface area contributed by atoms with Crippen LogP contribution in [0.2, 0.25) is 0 Å². The summed E-state index contributed by atoms with van der Waals surface area (Å²) >= 11 is 0. The molecule has 0 atom stereocenters. The van der Waals surface area contributed by atoms with Crippen molar-refractivity contribution < 1.29 is 22.8 Å². The van der Waals surface area contributed by atoms with Crippen molar-refractivity contribution in [2.75, 3.05) is 13.1 Å². The third kappa shape index (κ3) is 4.19. The highest BCUT2D eigenvalue weighted by Crippen LogP contribution is 2.20.